The Balaban J connectivity index is 2.72. The zero-order valence-corrected chi connectivity index (χ0v) is 9.16. The van der Waals surface area contributed by atoms with Gasteiger partial charge >= 0.3 is 5.97 Å². The summed E-state index contributed by atoms with van der Waals surface area (Å²) in [6, 6.07) is 1.58. The molecule has 16 heavy (non-hydrogen) atoms. The highest BCUT2D eigenvalue weighted by Gasteiger charge is 2.14. The first-order valence-corrected chi connectivity index (χ1v) is 4.76. The molecule has 3 N–H and O–H groups in total. The number of aryl methyl sites for hydroxylation is 1. The van der Waals surface area contributed by atoms with E-state index in [2.05, 4.69) is 10.3 Å². The van der Waals surface area contributed by atoms with Crippen molar-refractivity contribution in [2.45, 2.75) is 13.3 Å². The first-order chi connectivity index (χ1) is 7.54. The molecule has 0 aliphatic carbocycles. The van der Waals surface area contributed by atoms with E-state index in [4.69, 9.17) is 9.84 Å². The lowest BCUT2D eigenvalue weighted by Gasteiger charge is -2.03. The summed E-state index contributed by atoms with van der Waals surface area (Å²) >= 11 is 0. The minimum absolute atomic E-state index is 0.0109. The van der Waals surface area contributed by atoms with Gasteiger partial charge in [0.15, 0.2) is 0 Å². The van der Waals surface area contributed by atoms with Gasteiger partial charge < -0.3 is 20.1 Å². The molecule has 0 aliphatic heterocycles. The molecule has 1 rings (SSSR count). The standard InChI is InChI=1S/C10H14N2O4/c1-6-5-7(9(11-6)10(14)15)12-8(13)3-4-16-2/h5,11H,3-4H2,1-2H3,(H,12,13)(H,14,15). The van der Waals surface area contributed by atoms with Crippen LogP contribution in [0.5, 0.6) is 0 Å². The van der Waals surface area contributed by atoms with Gasteiger partial charge in [-0.3, -0.25) is 4.79 Å². The summed E-state index contributed by atoms with van der Waals surface area (Å²) in [7, 11) is 1.50. The van der Waals surface area contributed by atoms with E-state index in [-0.39, 0.29) is 23.7 Å². The van der Waals surface area contributed by atoms with Crippen LogP contribution >= 0.6 is 0 Å². The molecule has 88 valence electrons. The Labute approximate surface area is 92.6 Å². The van der Waals surface area contributed by atoms with Gasteiger partial charge in [-0.25, -0.2) is 4.79 Å². The van der Waals surface area contributed by atoms with Crippen molar-refractivity contribution in [2.75, 3.05) is 19.0 Å². The molecular formula is C10H14N2O4. The van der Waals surface area contributed by atoms with Gasteiger partial charge in [0.2, 0.25) is 5.91 Å². The zero-order valence-electron chi connectivity index (χ0n) is 9.16. The second-order valence-corrected chi connectivity index (χ2v) is 3.34. The summed E-state index contributed by atoms with van der Waals surface area (Å²) in [5, 5.41) is 11.4. The number of amides is 1. The molecule has 0 saturated heterocycles. The third-order valence-electron chi connectivity index (χ3n) is 1.97. The lowest BCUT2D eigenvalue weighted by atomic mass is 10.3. The number of hydrogen-bond donors (Lipinski definition) is 3. The SMILES string of the molecule is COCCC(=O)Nc1cc(C)[nH]c1C(=O)O. The number of carbonyl (C=O) groups excluding carboxylic acids is 1. The maximum absolute atomic E-state index is 11.4. The molecule has 1 aromatic rings. The number of hydrogen-bond acceptors (Lipinski definition) is 3. The van der Waals surface area contributed by atoms with Gasteiger partial charge in [0, 0.05) is 12.8 Å². The van der Waals surface area contributed by atoms with Gasteiger partial charge in [0.25, 0.3) is 0 Å². The Morgan fingerprint density at radius 3 is 2.81 bits per heavy atom. The van der Waals surface area contributed by atoms with E-state index in [9.17, 15) is 9.59 Å². The number of H-pyrrole nitrogens is 1. The lowest BCUT2D eigenvalue weighted by molar-refractivity contribution is -0.117. The Bertz CT molecular complexity index is 398. The maximum atomic E-state index is 11.4. The third-order valence-corrected chi connectivity index (χ3v) is 1.97. The van der Waals surface area contributed by atoms with Gasteiger partial charge in [0.1, 0.15) is 5.69 Å². The van der Waals surface area contributed by atoms with E-state index < -0.39 is 5.97 Å². The fraction of sp³-hybridized carbons (Fsp3) is 0.400. The molecule has 1 amide bonds. The summed E-state index contributed by atoms with van der Waals surface area (Å²) in [6.45, 7) is 2.02. The van der Waals surface area contributed by atoms with Crippen molar-refractivity contribution in [3.63, 3.8) is 0 Å². The minimum atomic E-state index is -1.10. The second-order valence-electron chi connectivity index (χ2n) is 3.34. The van der Waals surface area contributed by atoms with E-state index in [0.717, 1.165) is 0 Å². The van der Waals surface area contributed by atoms with Crippen molar-refractivity contribution in [2.24, 2.45) is 0 Å². The molecule has 0 bridgehead atoms. The van der Waals surface area contributed by atoms with E-state index in [0.29, 0.717) is 12.3 Å². The summed E-state index contributed by atoms with van der Waals surface area (Å²) in [6.07, 6.45) is 0.194. The first-order valence-electron chi connectivity index (χ1n) is 4.76. The fourth-order valence-corrected chi connectivity index (χ4v) is 1.26. The van der Waals surface area contributed by atoms with E-state index >= 15 is 0 Å². The molecule has 1 heterocycles. The van der Waals surface area contributed by atoms with Gasteiger partial charge in [-0.1, -0.05) is 0 Å². The number of carboxylic acid groups (broad SMARTS) is 1. The van der Waals surface area contributed by atoms with Crippen molar-refractivity contribution < 1.29 is 19.4 Å². The predicted octanol–water partition coefficient (Wildman–Crippen LogP) is 0.996. The highest BCUT2D eigenvalue weighted by atomic mass is 16.5. The van der Waals surface area contributed by atoms with Gasteiger partial charge in [0.05, 0.1) is 18.7 Å². The fourth-order valence-electron chi connectivity index (χ4n) is 1.26. The monoisotopic (exact) mass is 226 g/mol. The average molecular weight is 226 g/mol. The number of rotatable bonds is 5. The molecule has 0 fully saturated rings. The summed E-state index contributed by atoms with van der Waals surface area (Å²) in [4.78, 5) is 24.8. The molecule has 0 aliphatic rings. The number of ether oxygens (including phenoxy) is 1. The second kappa shape index (κ2) is 5.32. The van der Waals surface area contributed by atoms with Crippen LogP contribution in [-0.4, -0.2) is 35.7 Å². The van der Waals surface area contributed by atoms with Crippen molar-refractivity contribution in [3.8, 4) is 0 Å². The number of carbonyl (C=O) groups is 2. The van der Waals surface area contributed by atoms with Crippen LogP contribution in [0, 0.1) is 6.92 Å². The van der Waals surface area contributed by atoms with Crippen LogP contribution in [0.4, 0.5) is 5.69 Å². The minimum Gasteiger partial charge on any atom is -0.477 e. The van der Waals surface area contributed by atoms with Crippen LogP contribution in [0.25, 0.3) is 0 Å². The van der Waals surface area contributed by atoms with E-state index in [1.807, 2.05) is 0 Å². The average Bonchev–Trinajstić information content (AvgIpc) is 2.56. The quantitative estimate of drug-likeness (QED) is 0.698. The maximum Gasteiger partial charge on any atom is 0.354 e. The van der Waals surface area contributed by atoms with Crippen molar-refractivity contribution in [1.29, 1.82) is 0 Å². The van der Waals surface area contributed by atoms with Gasteiger partial charge in [-0.15, -0.1) is 0 Å². The molecule has 0 radical (unpaired) electrons. The van der Waals surface area contributed by atoms with E-state index in [1.54, 1.807) is 13.0 Å². The van der Waals surface area contributed by atoms with E-state index in [1.165, 1.54) is 7.11 Å². The summed E-state index contributed by atoms with van der Waals surface area (Å²) < 4.78 is 4.75. The van der Waals surface area contributed by atoms with Crippen LogP contribution in [0.15, 0.2) is 6.07 Å². The number of anilines is 1. The molecule has 6 heteroatoms. The number of aromatic carboxylic acids is 1. The Morgan fingerprint density at radius 1 is 1.56 bits per heavy atom. The van der Waals surface area contributed by atoms with Crippen LogP contribution < -0.4 is 5.32 Å². The number of methoxy groups -OCH3 is 1. The van der Waals surface area contributed by atoms with Crippen LogP contribution in [-0.2, 0) is 9.53 Å². The molecular weight excluding hydrogens is 212 g/mol. The summed E-state index contributed by atoms with van der Waals surface area (Å²) in [5.74, 6) is -1.38. The van der Waals surface area contributed by atoms with Crippen molar-refractivity contribution in [1.82, 2.24) is 4.98 Å². The normalized spacial score (nSPS) is 10.1. The highest BCUT2D eigenvalue weighted by molar-refractivity contribution is 5.99. The highest BCUT2D eigenvalue weighted by Crippen LogP contribution is 2.16. The lowest BCUT2D eigenvalue weighted by Crippen LogP contribution is -2.15. The third kappa shape index (κ3) is 3.09. The number of aromatic amines is 1. The van der Waals surface area contributed by atoms with Gasteiger partial charge in [-0.05, 0) is 13.0 Å². The van der Waals surface area contributed by atoms with Crippen molar-refractivity contribution >= 4 is 17.6 Å². The summed E-state index contributed by atoms with van der Waals surface area (Å²) in [5.41, 5.74) is 0.953. The molecule has 6 nitrogen and oxygen atoms in total. The number of aromatic nitrogens is 1. The topological polar surface area (TPSA) is 91.4 Å². The molecule has 0 saturated carbocycles. The van der Waals surface area contributed by atoms with Crippen LogP contribution in [0.1, 0.15) is 22.6 Å². The zero-order chi connectivity index (χ0) is 12.1. The first kappa shape index (κ1) is 12.3. The predicted molar refractivity (Wildman–Crippen MR) is 57.6 cm³/mol. The molecule has 0 atom stereocenters. The molecule has 0 aromatic carbocycles. The van der Waals surface area contributed by atoms with Crippen molar-refractivity contribution in [3.05, 3.63) is 17.5 Å². The molecule has 0 unspecified atom stereocenters. The molecule has 1 aromatic heterocycles. The Kier molecular flexibility index (Phi) is 4.07. The van der Waals surface area contributed by atoms with Crippen LogP contribution in [0.3, 0.4) is 0 Å². The van der Waals surface area contributed by atoms with Crippen LogP contribution in [0.2, 0.25) is 0 Å². The smallest absolute Gasteiger partial charge is 0.354 e. The number of nitrogens with one attached hydrogen (secondary N) is 2. The Morgan fingerprint density at radius 2 is 2.25 bits per heavy atom. The Hall–Kier alpha value is -1.82. The largest absolute Gasteiger partial charge is 0.477 e. The van der Waals surface area contributed by atoms with Gasteiger partial charge in [-0.2, -0.15) is 0 Å². The number of carboxylic acids is 1. The molecule has 0 spiro atoms.